The molecule has 72 valence electrons. The van der Waals surface area contributed by atoms with E-state index in [0.717, 1.165) is 18.0 Å². The van der Waals surface area contributed by atoms with Crippen LogP contribution in [0.1, 0.15) is 12.8 Å². The number of rotatable bonds is 2. The molecule has 1 saturated carbocycles. The molecule has 3 nitrogen and oxygen atoms in total. The van der Waals surface area contributed by atoms with Crippen LogP contribution in [0, 0.1) is 11.7 Å². The lowest BCUT2D eigenvalue weighted by Crippen LogP contribution is -2.01. The molecule has 0 atom stereocenters. The van der Waals surface area contributed by atoms with Gasteiger partial charge in [-0.3, -0.25) is 0 Å². The van der Waals surface area contributed by atoms with Crippen molar-refractivity contribution < 1.29 is 4.39 Å². The van der Waals surface area contributed by atoms with Gasteiger partial charge in [0.15, 0.2) is 5.82 Å². The largest absolute Gasteiger partial charge is 0.244 e. The molecule has 0 unspecified atom stereocenters. The third-order valence-corrected chi connectivity index (χ3v) is 2.62. The molecule has 1 aliphatic carbocycles. The summed E-state index contributed by atoms with van der Waals surface area (Å²) in [6.07, 6.45) is 2.52. The van der Waals surface area contributed by atoms with Crippen LogP contribution >= 0.6 is 0 Å². The first-order valence-corrected chi connectivity index (χ1v) is 4.82. The zero-order chi connectivity index (χ0) is 9.54. The van der Waals surface area contributed by atoms with Crippen LogP contribution in [0.25, 0.3) is 11.0 Å². The first-order chi connectivity index (χ1) is 6.84. The zero-order valence-electron chi connectivity index (χ0n) is 7.65. The van der Waals surface area contributed by atoms with Gasteiger partial charge in [-0.25, -0.2) is 9.07 Å². The monoisotopic (exact) mass is 191 g/mol. The van der Waals surface area contributed by atoms with Crippen LogP contribution in [-0.4, -0.2) is 15.0 Å². The highest BCUT2D eigenvalue weighted by molar-refractivity contribution is 5.74. The van der Waals surface area contributed by atoms with Crippen molar-refractivity contribution in [2.24, 2.45) is 5.92 Å². The van der Waals surface area contributed by atoms with E-state index < -0.39 is 0 Å². The summed E-state index contributed by atoms with van der Waals surface area (Å²) in [7, 11) is 0. The third-order valence-electron chi connectivity index (χ3n) is 2.62. The van der Waals surface area contributed by atoms with Crippen LogP contribution < -0.4 is 0 Å². The van der Waals surface area contributed by atoms with Gasteiger partial charge in [-0.05, 0) is 30.9 Å². The van der Waals surface area contributed by atoms with Crippen molar-refractivity contribution in [3.05, 3.63) is 24.0 Å². The number of benzene rings is 1. The van der Waals surface area contributed by atoms with E-state index in [4.69, 9.17) is 0 Å². The maximum absolute atomic E-state index is 13.2. The van der Waals surface area contributed by atoms with Crippen molar-refractivity contribution in [2.45, 2.75) is 19.4 Å². The highest BCUT2D eigenvalue weighted by Gasteiger charge is 2.23. The molecule has 0 saturated heterocycles. The third kappa shape index (κ3) is 1.18. The lowest BCUT2D eigenvalue weighted by Gasteiger charge is -1.98. The molecular weight excluding hydrogens is 181 g/mol. The number of hydrogen-bond acceptors (Lipinski definition) is 2. The number of hydrogen-bond donors (Lipinski definition) is 0. The molecule has 0 N–H and O–H groups in total. The van der Waals surface area contributed by atoms with Gasteiger partial charge in [0, 0.05) is 6.54 Å². The molecule has 0 spiro atoms. The second-order valence-corrected chi connectivity index (χ2v) is 3.82. The average molecular weight is 191 g/mol. The topological polar surface area (TPSA) is 30.7 Å². The van der Waals surface area contributed by atoms with E-state index in [1.807, 2.05) is 6.07 Å². The van der Waals surface area contributed by atoms with Gasteiger partial charge in [-0.15, -0.1) is 5.10 Å². The van der Waals surface area contributed by atoms with E-state index in [2.05, 4.69) is 10.3 Å². The Morgan fingerprint density at radius 1 is 1.43 bits per heavy atom. The Kier molecular flexibility index (Phi) is 1.56. The summed E-state index contributed by atoms with van der Waals surface area (Å²) >= 11 is 0. The van der Waals surface area contributed by atoms with Gasteiger partial charge >= 0.3 is 0 Å². The molecule has 2 aromatic rings. The summed E-state index contributed by atoms with van der Waals surface area (Å²) in [4.78, 5) is 0. The van der Waals surface area contributed by atoms with Crippen LogP contribution in [0.5, 0.6) is 0 Å². The van der Waals surface area contributed by atoms with Crippen LogP contribution in [0.2, 0.25) is 0 Å². The van der Waals surface area contributed by atoms with Gasteiger partial charge < -0.3 is 0 Å². The Balaban J connectivity index is 2.10. The van der Waals surface area contributed by atoms with Gasteiger partial charge in [0.2, 0.25) is 0 Å². The summed E-state index contributed by atoms with van der Waals surface area (Å²) in [5.41, 5.74) is 1.19. The molecule has 1 aliphatic rings. The second kappa shape index (κ2) is 2.77. The number of halogens is 1. The lowest BCUT2D eigenvalue weighted by molar-refractivity contribution is 0.559. The summed E-state index contributed by atoms with van der Waals surface area (Å²) in [5, 5.41) is 7.80. The fourth-order valence-corrected chi connectivity index (χ4v) is 1.64. The summed E-state index contributed by atoms with van der Waals surface area (Å²) in [5.74, 6) is 0.438. The van der Waals surface area contributed by atoms with E-state index in [0.29, 0.717) is 5.52 Å². The van der Waals surface area contributed by atoms with Crippen LogP contribution in [0.15, 0.2) is 18.2 Å². The van der Waals surface area contributed by atoms with Gasteiger partial charge in [0.05, 0.1) is 5.52 Å². The second-order valence-electron chi connectivity index (χ2n) is 3.82. The summed E-state index contributed by atoms with van der Waals surface area (Å²) < 4.78 is 15.0. The number of fused-ring (bicyclic) bond motifs is 1. The van der Waals surface area contributed by atoms with Crippen LogP contribution in [0.4, 0.5) is 4.39 Å². The van der Waals surface area contributed by atoms with E-state index in [-0.39, 0.29) is 5.82 Å². The Morgan fingerprint density at radius 2 is 2.29 bits per heavy atom. The molecule has 1 fully saturated rings. The van der Waals surface area contributed by atoms with Crippen molar-refractivity contribution in [3.8, 4) is 0 Å². The highest BCUT2D eigenvalue weighted by atomic mass is 19.1. The fourth-order valence-electron chi connectivity index (χ4n) is 1.64. The SMILES string of the molecule is Fc1cccc2c1nnn2CC1CC1. The minimum Gasteiger partial charge on any atom is -0.244 e. The molecule has 1 heterocycles. The van der Waals surface area contributed by atoms with Crippen LogP contribution in [-0.2, 0) is 6.54 Å². The van der Waals surface area contributed by atoms with Crippen molar-refractivity contribution in [3.63, 3.8) is 0 Å². The zero-order valence-corrected chi connectivity index (χ0v) is 7.65. The predicted octanol–water partition coefficient (Wildman–Crippen LogP) is 1.98. The van der Waals surface area contributed by atoms with Gasteiger partial charge in [0.25, 0.3) is 0 Å². The molecule has 4 heteroatoms. The summed E-state index contributed by atoms with van der Waals surface area (Å²) in [6, 6.07) is 4.98. The smallest absolute Gasteiger partial charge is 0.152 e. The normalized spacial score (nSPS) is 16.4. The van der Waals surface area contributed by atoms with Gasteiger partial charge in [-0.1, -0.05) is 11.3 Å². The maximum Gasteiger partial charge on any atom is 0.152 e. The average Bonchev–Trinajstić information content (AvgIpc) is 2.88. The molecule has 1 aromatic carbocycles. The standard InChI is InChI=1S/C10H10FN3/c11-8-2-1-3-9-10(8)12-13-14(9)6-7-4-5-7/h1-3,7H,4-6H2. The Hall–Kier alpha value is -1.45. The molecule has 0 amide bonds. The maximum atomic E-state index is 13.2. The van der Waals surface area contributed by atoms with E-state index in [1.165, 1.54) is 18.9 Å². The number of nitrogens with zero attached hydrogens (tertiary/aromatic N) is 3. The minimum atomic E-state index is -0.287. The molecule has 0 radical (unpaired) electrons. The Bertz CT molecular complexity index is 473. The molecule has 0 bridgehead atoms. The van der Waals surface area contributed by atoms with Crippen molar-refractivity contribution in [1.29, 1.82) is 0 Å². The van der Waals surface area contributed by atoms with Gasteiger partial charge in [-0.2, -0.15) is 0 Å². The molecule has 0 aliphatic heterocycles. The molecule has 1 aromatic heterocycles. The predicted molar refractivity (Wildman–Crippen MR) is 50.2 cm³/mol. The van der Waals surface area contributed by atoms with E-state index in [9.17, 15) is 4.39 Å². The van der Waals surface area contributed by atoms with Crippen LogP contribution in [0.3, 0.4) is 0 Å². The van der Waals surface area contributed by atoms with E-state index >= 15 is 0 Å². The quantitative estimate of drug-likeness (QED) is 0.726. The molecular formula is C10H10FN3. The minimum absolute atomic E-state index is 0.287. The molecule has 14 heavy (non-hydrogen) atoms. The number of aromatic nitrogens is 3. The molecule has 3 rings (SSSR count). The first kappa shape index (κ1) is 7.91. The highest BCUT2D eigenvalue weighted by Crippen LogP contribution is 2.31. The van der Waals surface area contributed by atoms with Crippen molar-refractivity contribution in [2.75, 3.05) is 0 Å². The van der Waals surface area contributed by atoms with E-state index in [1.54, 1.807) is 10.7 Å². The fraction of sp³-hybridized carbons (Fsp3) is 0.400. The van der Waals surface area contributed by atoms with Gasteiger partial charge in [0.1, 0.15) is 5.52 Å². The summed E-state index contributed by atoms with van der Waals surface area (Å²) in [6.45, 7) is 0.875. The first-order valence-electron chi connectivity index (χ1n) is 4.82. The Labute approximate surface area is 80.5 Å². The van der Waals surface area contributed by atoms with Crippen molar-refractivity contribution in [1.82, 2.24) is 15.0 Å². The lowest BCUT2D eigenvalue weighted by atomic mass is 10.3. The Morgan fingerprint density at radius 3 is 3.07 bits per heavy atom. The van der Waals surface area contributed by atoms with Crippen molar-refractivity contribution >= 4 is 11.0 Å².